The predicted octanol–water partition coefficient (Wildman–Crippen LogP) is 1.08. The summed E-state index contributed by atoms with van der Waals surface area (Å²) in [6, 6.07) is 9.21. The lowest BCUT2D eigenvalue weighted by molar-refractivity contribution is -0.117. The predicted molar refractivity (Wildman–Crippen MR) is 57.7 cm³/mol. The lowest BCUT2D eigenvalue weighted by Crippen LogP contribution is -2.12. The molecule has 1 aromatic carbocycles. The van der Waals surface area contributed by atoms with Crippen LogP contribution in [0.4, 0.5) is 5.69 Å². The van der Waals surface area contributed by atoms with Crippen LogP contribution in [0.5, 0.6) is 0 Å². The molecule has 0 atom stereocenters. The number of hydrogen-bond acceptors (Lipinski definition) is 3. The molecular weight excluding hydrogens is 192 g/mol. The Bertz CT molecular complexity index is 381. The Hall–Kier alpha value is -2.06. The Morgan fingerprint density at radius 2 is 1.93 bits per heavy atom. The second-order valence-corrected chi connectivity index (χ2v) is 3.04. The van der Waals surface area contributed by atoms with Gasteiger partial charge in [0.2, 0.25) is 5.91 Å². The van der Waals surface area contributed by atoms with Crippen molar-refractivity contribution in [1.29, 1.82) is 0 Å². The van der Waals surface area contributed by atoms with Gasteiger partial charge in [-0.05, 0) is 12.1 Å². The number of benzene rings is 1. The molecule has 0 spiro atoms. The van der Waals surface area contributed by atoms with Gasteiger partial charge in [0.15, 0.2) is 0 Å². The normalized spacial score (nSPS) is 9.07. The van der Waals surface area contributed by atoms with E-state index in [1.54, 1.807) is 5.94 Å². The highest BCUT2D eigenvalue weighted by Crippen LogP contribution is 2.10. The SMILES string of the molecule is NC(=O)CCC(=C=O)Nc1ccccc1. The number of hydrogen-bond donors (Lipinski definition) is 2. The minimum Gasteiger partial charge on any atom is -0.370 e. The quantitative estimate of drug-likeness (QED) is 0.705. The van der Waals surface area contributed by atoms with Gasteiger partial charge in [0.1, 0.15) is 11.6 Å². The van der Waals surface area contributed by atoms with Crippen LogP contribution in [0.3, 0.4) is 0 Å². The maximum atomic E-state index is 10.5. The van der Waals surface area contributed by atoms with E-state index in [1.165, 1.54) is 0 Å². The molecule has 4 heteroatoms. The van der Waals surface area contributed by atoms with E-state index in [4.69, 9.17) is 5.73 Å². The van der Waals surface area contributed by atoms with Crippen LogP contribution in [0.25, 0.3) is 0 Å². The molecule has 0 aromatic heterocycles. The molecule has 0 saturated heterocycles. The minimum atomic E-state index is -0.433. The maximum Gasteiger partial charge on any atom is 0.217 e. The molecule has 0 unspecified atom stereocenters. The van der Waals surface area contributed by atoms with E-state index >= 15 is 0 Å². The number of primary amides is 1. The molecule has 3 N–H and O–H groups in total. The second-order valence-electron chi connectivity index (χ2n) is 3.04. The van der Waals surface area contributed by atoms with Gasteiger partial charge in [-0.2, -0.15) is 0 Å². The van der Waals surface area contributed by atoms with Gasteiger partial charge in [-0.15, -0.1) is 0 Å². The lowest BCUT2D eigenvalue weighted by atomic mass is 10.2. The van der Waals surface area contributed by atoms with Crippen molar-refractivity contribution in [2.75, 3.05) is 5.32 Å². The Balaban J connectivity index is 2.56. The zero-order valence-electron chi connectivity index (χ0n) is 8.19. The van der Waals surface area contributed by atoms with E-state index in [1.807, 2.05) is 30.3 Å². The first-order valence-electron chi connectivity index (χ1n) is 4.56. The standard InChI is InChI=1S/C11H12N2O2/c12-11(15)7-6-10(8-14)13-9-4-2-1-3-5-9/h1-5,13H,6-7H2,(H2,12,15). The molecule has 78 valence electrons. The fraction of sp³-hybridized carbons (Fsp3) is 0.182. The number of anilines is 1. The Morgan fingerprint density at radius 3 is 2.47 bits per heavy atom. The van der Waals surface area contributed by atoms with Gasteiger partial charge in [0.05, 0.1) is 0 Å². The number of carbonyl (C=O) groups excluding carboxylic acids is 2. The van der Waals surface area contributed by atoms with Crippen molar-refractivity contribution in [3.8, 4) is 0 Å². The maximum absolute atomic E-state index is 10.5. The molecule has 0 heterocycles. The van der Waals surface area contributed by atoms with Crippen LogP contribution < -0.4 is 11.1 Å². The van der Waals surface area contributed by atoms with E-state index in [0.717, 1.165) is 5.69 Å². The van der Waals surface area contributed by atoms with Crippen molar-refractivity contribution in [3.05, 3.63) is 36.0 Å². The van der Waals surface area contributed by atoms with Crippen LogP contribution in [0.15, 0.2) is 36.0 Å². The summed E-state index contributed by atoms with van der Waals surface area (Å²) < 4.78 is 0. The molecule has 0 bridgehead atoms. The fourth-order valence-electron chi connectivity index (χ4n) is 1.08. The summed E-state index contributed by atoms with van der Waals surface area (Å²) in [5.74, 6) is 1.32. The van der Waals surface area contributed by atoms with E-state index in [2.05, 4.69) is 5.32 Å². The van der Waals surface area contributed by atoms with Gasteiger partial charge in [0.25, 0.3) is 0 Å². The molecule has 4 nitrogen and oxygen atoms in total. The summed E-state index contributed by atoms with van der Waals surface area (Å²) >= 11 is 0. The summed E-state index contributed by atoms with van der Waals surface area (Å²) in [5, 5.41) is 2.87. The van der Waals surface area contributed by atoms with Gasteiger partial charge < -0.3 is 11.1 Å². The van der Waals surface area contributed by atoms with E-state index in [9.17, 15) is 9.59 Å². The summed E-state index contributed by atoms with van der Waals surface area (Å²) in [7, 11) is 0. The van der Waals surface area contributed by atoms with Gasteiger partial charge >= 0.3 is 0 Å². The smallest absolute Gasteiger partial charge is 0.217 e. The molecular formula is C11H12N2O2. The molecule has 0 fully saturated rings. The fourth-order valence-corrected chi connectivity index (χ4v) is 1.08. The third-order valence-corrected chi connectivity index (χ3v) is 1.81. The molecule has 0 saturated carbocycles. The monoisotopic (exact) mass is 204 g/mol. The summed E-state index contributed by atoms with van der Waals surface area (Å²) in [5.41, 5.74) is 6.10. The molecule has 1 amide bonds. The summed E-state index contributed by atoms with van der Waals surface area (Å²) in [6.45, 7) is 0. The van der Waals surface area contributed by atoms with Crippen molar-refractivity contribution in [3.63, 3.8) is 0 Å². The number of amides is 1. The van der Waals surface area contributed by atoms with Crippen molar-refractivity contribution >= 4 is 17.5 Å². The van der Waals surface area contributed by atoms with Crippen LogP contribution in [-0.2, 0) is 9.59 Å². The molecule has 1 rings (SSSR count). The number of allylic oxidation sites excluding steroid dienone is 1. The first-order chi connectivity index (χ1) is 7.22. The van der Waals surface area contributed by atoms with Crippen LogP contribution in [0.1, 0.15) is 12.8 Å². The number of carbonyl (C=O) groups is 1. The average molecular weight is 204 g/mol. The molecule has 1 aromatic rings. The van der Waals surface area contributed by atoms with Crippen LogP contribution in [-0.4, -0.2) is 11.8 Å². The Morgan fingerprint density at radius 1 is 1.27 bits per heavy atom. The van der Waals surface area contributed by atoms with E-state index < -0.39 is 5.91 Å². The minimum absolute atomic E-state index is 0.143. The third kappa shape index (κ3) is 4.11. The van der Waals surface area contributed by atoms with Crippen LogP contribution in [0.2, 0.25) is 0 Å². The number of para-hydroxylation sites is 1. The number of nitrogens with one attached hydrogen (secondary N) is 1. The Kier molecular flexibility index (Phi) is 4.13. The van der Waals surface area contributed by atoms with E-state index in [-0.39, 0.29) is 12.8 Å². The first-order valence-corrected chi connectivity index (χ1v) is 4.56. The zero-order chi connectivity index (χ0) is 11.1. The molecule has 0 aliphatic rings. The number of rotatable bonds is 5. The van der Waals surface area contributed by atoms with Gasteiger partial charge in [-0.25, -0.2) is 4.79 Å². The van der Waals surface area contributed by atoms with Gasteiger partial charge in [-0.1, -0.05) is 18.2 Å². The topological polar surface area (TPSA) is 72.2 Å². The van der Waals surface area contributed by atoms with Crippen molar-refractivity contribution < 1.29 is 9.59 Å². The van der Waals surface area contributed by atoms with Crippen molar-refractivity contribution in [1.82, 2.24) is 0 Å². The van der Waals surface area contributed by atoms with Crippen molar-refractivity contribution in [2.24, 2.45) is 5.73 Å². The van der Waals surface area contributed by atoms with Crippen LogP contribution in [0, 0.1) is 0 Å². The highest BCUT2D eigenvalue weighted by molar-refractivity contribution is 5.75. The molecule has 0 aliphatic heterocycles. The molecule has 15 heavy (non-hydrogen) atoms. The summed E-state index contributed by atoms with van der Waals surface area (Å²) in [6.07, 6.45) is 0.429. The van der Waals surface area contributed by atoms with Crippen molar-refractivity contribution in [2.45, 2.75) is 12.8 Å². The van der Waals surface area contributed by atoms with E-state index in [0.29, 0.717) is 5.70 Å². The number of nitrogens with two attached hydrogens (primary N) is 1. The Labute approximate surface area is 87.8 Å². The second kappa shape index (κ2) is 5.62. The highest BCUT2D eigenvalue weighted by atomic mass is 16.1. The van der Waals surface area contributed by atoms with Gasteiger partial charge in [0, 0.05) is 18.5 Å². The highest BCUT2D eigenvalue weighted by Gasteiger charge is 2.01. The van der Waals surface area contributed by atoms with Gasteiger partial charge in [-0.3, -0.25) is 4.79 Å². The van der Waals surface area contributed by atoms with Crippen LogP contribution >= 0.6 is 0 Å². The lowest BCUT2D eigenvalue weighted by Gasteiger charge is -2.05. The first kappa shape index (κ1) is 11.0. The zero-order valence-corrected chi connectivity index (χ0v) is 8.19. The molecule has 0 aliphatic carbocycles. The largest absolute Gasteiger partial charge is 0.370 e. The summed E-state index contributed by atoms with van der Waals surface area (Å²) in [4.78, 5) is 21.1. The molecule has 0 radical (unpaired) electrons. The average Bonchev–Trinajstić information content (AvgIpc) is 2.25. The third-order valence-electron chi connectivity index (χ3n) is 1.81.